The van der Waals surface area contributed by atoms with Crippen molar-refractivity contribution in [3.05, 3.63) is 0 Å². The van der Waals surface area contributed by atoms with E-state index in [4.69, 9.17) is 0 Å². The molecule has 2 rings (SSSR count). The zero-order valence-electron chi connectivity index (χ0n) is 11.2. The van der Waals surface area contributed by atoms with Crippen molar-refractivity contribution in [1.29, 1.82) is 0 Å². The molecular formula is C14H28N2. The highest BCUT2D eigenvalue weighted by molar-refractivity contribution is 4.93. The van der Waals surface area contributed by atoms with Crippen LogP contribution < -0.4 is 5.32 Å². The van der Waals surface area contributed by atoms with Gasteiger partial charge in [0.05, 0.1) is 0 Å². The van der Waals surface area contributed by atoms with Crippen LogP contribution >= 0.6 is 0 Å². The lowest BCUT2D eigenvalue weighted by molar-refractivity contribution is 0.150. The Labute approximate surface area is 101 Å². The van der Waals surface area contributed by atoms with Gasteiger partial charge in [0.2, 0.25) is 0 Å². The minimum absolute atomic E-state index is 0.717. The first-order chi connectivity index (χ1) is 7.70. The van der Waals surface area contributed by atoms with Gasteiger partial charge in [0.25, 0.3) is 0 Å². The Bertz CT molecular complexity index is 215. The maximum atomic E-state index is 3.81. The lowest BCUT2D eigenvalue weighted by Crippen LogP contribution is -2.45. The molecule has 2 nitrogen and oxygen atoms in total. The van der Waals surface area contributed by atoms with Gasteiger partial charge in [-0.05, 0) is 57.5 Å². The molecule has 4 unspecified atom stereocenters. The van der Waals surface area contributed by atoms with Crippen LogP contribution in [0.15, 0.2) is 0 Å². The summed E-state index contributed by atoms with van der Waals surface area (Å²) in [5.74, 6) is 1.81. The summed E-state index contributed by atoms with van der Waals surface area (Å²) in [7, 11) is 0. The monoisotopic (exact) mass is 224 g/mol. The smallest absolute Gasteiger partial charge is 0.00989 e. The lowest BCUT2D eigenvalue weighted by Gasteiger charge is -2.36. The summed E-state index contributed by atoms with van der Waals surface area (Å²) < 4.78 is 0. The Kier molecular flexibility index (Phi) is 4.26. The van der Waals surface area contributed by atoms with Crippen molar-refractivity contribution in [3.63, 3.8) is 0 Å². The quantitative estimate of drug-likeness (QED) is 0.772. The van der Waals surface area contributed by atoms with Gasteiger partial charge in [-0.15, -0.1) is 0 Å². The Morgan fingerprint density at radius 3 is 2.81 bits per heavy atom. The molecule has 1 aliphatic carbocycles. The van der Waals surface area contributed by atoms with Crippen LogP contribution in [0, 0.1) is 11.8 Å². The Hall–Kier alpha value is -0.0800. The Balaban J connectivity index is 1.74. The first kappa shape index (κ1) is 12.4. The number of rotatable bonds is 5. The highest BCUT2D eigenvalue weighted by atomic mass is 15.1. The third-order valence-corrected chi connectivity index (χ3v) is 4.38. The number of hydrogen-bond acceptors (Lipinski definition) is 2. The molecule has 0 bridgehead atoms. The predicted octanol–water partition coefficient (Wildman–Crippen LogP) is 2.49. The van der Waals surface area contributed by atoms with Crippen LogP contribution in [0.3, 0.4) is 0 Å². The van der Waals surface area contributed by atoms with Gasteiger partial charge in [-0.2, -0.15) is 0 Å². The Morgan fingerprint density at radius 1 is 1.44 bits per heavy atom. The molecule has 1 aliphatic heterocycles. The van der Waals surface area contributed by atoms with Crippen molar-refractivity contribution in [2.24, 2.45) is 11.8 Å². The fraction of sp³-hybridized carbons (Fsp3) is 1.00. The molecular weight excluding hydrogens is 196 g/mol. The highest BCUT2D eigenvalue weighted by Crippen LogP contribution is 2.31. The number of likely N-dealkylation sites (tertiary alicyclic amines) is 1. The van der Waals surface area contributed by atoms with E-state index in [9.17, 15) is 0 Å². The van der Waals surface area contributed by atoms with E-state index in [1.165, 1.54) is 45.3 Å². The van der Waals surface area contributed by atoms with Crippen LogP contribution in [0.25, 0.3) is 0 Å². The molecule has 2 aliphatic rings. The van der Waals surface area contributed by atoms with Crippen molar-refractivity contribution >= 4 is 0 Å². The first-order valence-electron chi connectivity index (χ1n) is 7.19. The topological polar surface area (TPSA) is 15.3 Å². The van der Waals surface area contributed by atoms with Crippen molar-refractivity contribution < 1.29 is 0 Å². The van der Waals surface area contributed by atoms with E-state index in [1.807, 2.05) is 0 Å². The minimum Gasteiger partial charge on any atom is -0.311 e. The minimum atomic E-state index is 0.717. The zero-order chi connectivity index (χ0) is 11.5. The molecule has 4 atom stereocenters. The molecule has 2 heteroatoms. The molecule has 94 valence electrons. The van der Waals surface area contributed by atoms with E-state index in [0.29, 0.717) is 0 Å². The van der Waals surface area contributed by atoms with E-state index in [2.05, 4.69) is 31.0 Å². The molecule has 0 spiro atoms. The zero-order valence-corrected chi connectivity index (χ0v) is 11.2. The van der Waals surface area contributed by atoms with Gasteiger partial charge in [-0.1, -0.05) is 13.8 Å². The van der Waals surface area contributed by atoms with E-state index < -0.39 is 0 Å². The molecule has 1 saturated heterocycles. The first-order valence-corrected chi connectivity index (χ1v) is 7.19. The van der Waals surface area contributed by atoms with E-state index >= 15 is 0 Å². The van der Waals surface area contributed by atoms with Crippen LogP contribution in [0.4, 0.5) is 0 Å². The molecule has 0 aromatic rings. The van der Waals surface area contributed by atoms with Gasteiger partial charge in [-0.3, -0.25) is 0 Å². The van der Waals surface area contributed by atoms with Crippen LogP contribution in [-0.4, -0.2) is 36.6 Å². The molecule has 0 aromatic heterocycles. The number of nitrogens with one attached hydrogen (secondary N) is 1. The maximum absolute atomic E-state index is 3.81. The SMILES string of the molecule is CCCN1CCCC(C(C)NC2CC2C)C1. The van der Waals surface area contributed by atoms with Crippen molar-refractivity contribution in [2.45, 2.75) is 58.5 Å². The molecule has 1 N–H and O–H groups in total. The van der Waals surface area contributed by atoms with Gasteiger partial charge in [0, 0.05) is 18.6 Å². The fourth-order valence-corrected chi connectivity index (χ4v) is 3.05. The van der Waals surface area contributed by atoms with Crippen LogP contribution in [0.2, 0.25) is 0 Å². The summed E-state index contributed by atoms with van der Waals surface area (Å²) >= 11 is 0. The summed E-state index contributed by atoms with van der Waals surface area (Å²) in [5, 5.41) is 3.81. The molecule has 0 amide bonds. The summed E-state index contributed by atoms with van der Waals surface area (Å²) in [6.07, 6.45) is 5.52. The standard InChI is InChI=1S/C14H28N2/c1-4-7-16-8-5-6-13(10-16)12(3)15-14-9-11(14)2/h11-15H,4-10H2,1-3H3. The van der Waals surface area contributed by atoms with Crippen molar-refractivity contribution in [3.8, 4) is 0 Å². The van der Waals surface area contributed by atoms with Gasteiger partial charge in [0.15, 0.2) is 0 Å². The van der Waals surface area contributed by atoms with Crippen LogP contribution in [-0.2, 0) is 0 Å². The van der Waals surface area contributed by atoms with Crippen LogP contribution in [0.1, 0.15) is 46.5 Å². The van der Waals surface area contributed by atoms with Gasteiger partial charge >= 0.3 is 0 Å². The number of nitrogens with zero attached hydrogens (tertiary/aromatic N) is 1. The summed E-state index contributed by atoms with van der Waals surface area (Å²) in [5.41, 5.74) is 0. The van der Waals surface area contributed by atoms with Crippen molar-refractivity contribution in [2.75, 3.05) is 19.6 Å². The molecule has 2 fully saturated rings. The normalized spacial score (nSPS) is 37.3. The summed E-state index contributed by atoms with van der Waals surface area (Å²) in [4.78, 5) is 2.66. The average molecular weight is 224 g/mol. The van der Waals surface area contributed by atoms with Crippen molar-refractivity contribution in [1.82, 2.24) is 10.2 Å². The second-order valence-electron chi connectivity index (χ2n) is 5.98. The van der Waals surface area contributed by atoms with Gasteiger partial charge in [0.1, 0.15) is 0 Å². The lowest BCUT2D eigenvalue weighted by atomic mass is 9.91. The van der Waals surface area contributed by atoms with Gasteiger partial charge < -0.3 is 10.2 Å². The number of hydrogen-bond donors (Lipinski definition) is 1. The highest BCUT2D eigenvalue weighted by Gasteiger charge is 2.35. The predicted molar refractivity (Wildman–Crippen MR) is 69.6 cm³/mol. The van der Waals surface area contributed by atoms with E-state index in [1.54, 1.807) is 0 Å². The van der Waals surface area contributed by atoms with Gasteiger partial charge in [-0.25, -0.2) is 0 Å². The summed E-state index contributed by atoms with van der Waals surface area (Å²) in [6.45, 7) is 11.0. The fourth-order valence-electron chi connectivity index (χ4n) is 3.05. The second kappa shape index (κ2) is 5.50. The molecule has 16 heavy (non-hydrogen) atoms. The third kappa shape index (κ3) is 3.21. The Morgan fingerprint density at radius 2 is 2.19 bits per heavy atom. The molecule has 1 heterocycles. The van der Waals surface area contributed by atoms with E-state index in [0.717, 1.165) is 23.9 Å². The molecule has 1 saturated carbocycles. The number of piperidine rings is 1. The third-order valence-electron chi connectivity index (χ3n) is 4.38. The second-order valence-corrected chi connectivity index (χ2v) is 5.98. The summed E-state index contributed by atoms with van der Waals surface area (Å²) in [6, 6.07) is 1.55. The average Bonchev–Trinajstić information content (AvgIpc) is 2.95. The molecule has 0 aromatic carbocycles. The maximum Gasteiger partial charge on any atom is 0.00989 e. The molecule has 0 radical (unpaired) electrons. The van der Waals surface area contributed by atoms with E-state index in [-0.39, 0.29) is 0 Å². The largest absolute Gasteiger partial charge is 0.311 e. The van der Waals surface area contributed by atoms with Crippen LogP contribution in [0.5, 0.6) is 0 Å².